The summed E-state index contributed by atoms with van der Waals surface area (Å²) in [7, 11) is 3.21. The second-order valence-electron chi connectivity index (χ2n) is 7.90. The second-order valence-corrected chi connectivity index (χ2v) is 10.7. The van der Waals surface area contributed by atoms with E-state index < -0.39 is 38.1 Å². The first-order valence-electron chi connectivity index (χ1n) is 10.5. The van der Waals surface area contributed by atoms with Crippen molar-refractivity contribution < 1.29 is 32.9 Å². The average molecular weight is 476 g/mol. The Kier molecular flexibility index (Phi) is 8.40. The molecule has 0 saturated carbocycles. The summed E-state index contributed by atoms with van der Waals surface area (Å²) in [6.45, 7) is -0.158. The SMILES string of the molecule is CN(C)P(=O)(O[C@@H]1C[C@H](OC(=O)c2ccccc2)[C@@H](COC(=O)c2ccccc2)O1)N(C)C. The second kappa shape index (κ2) is 11.0. The third kappa shape index (κ3) is 6.28. The van der Waals surface area contributed by atoms with Gasteiger partial charge in [0.05, 0.1) is 11.1 Å². The van der Waals surface area contributed by atoms with Gasteiger partial charge in [-0.25, -0.2) is 18.9 Å². The van der Waals surface area contributed by atoms with E-state index in [2.05, 4.69) is 0 Å². The highest BCUT2D eigenvalue weighted by Crippen LogP contribution is 2.53. The van der Waals surface area contributed by atoms with Crippen LogP contribution < -0.4 is 0 Å². The minimum atomic E-state index is -3.35. The lowest BCUT2D eigenvalue weighted by Gasteiger charge is -2.31. The van der Waals surface area contributed by atoms with E-state index in [1.54, 1.807) is 88.9 Å². The van der Waals surface area contributed by atoms with Gasteiger partial charge in [-0.3, -0.25) is 9.09 Å². The highest BCUT2D eigenvalue weighted by molar-refractivity contribution is 7.53. The number of carbonyl (C=O) groups is 2. The molecule has 1 heterocycles. The maximum Gasteiger partial charge on any atom is 0.347 e. The van der Waals surface area contributed by atoms with Crippen LogP contribution in [0.1, 0.15) is 27.1 Å². The number of ether oxygens (including phenoxy) is 3. The lowest BCUT2D eigenvalue weighted by atomic mass is 10.1. The van der Waals surface area contributed by atoms with Gasteiger partial charge in [0, 0.05) is 6.42 Å². The van der Waals surface area contributed by atoms with Crippen molar-refractivity contribution in [3.63, 3.8) is 0 Å². The van der Waals surface area contributed by atoms with Crippen LogP contribution in [0.3, 0.4) is 0 Å². The van der Waals surface area contributed by atoms with Crippen molar-refractivity contribution in [2.24, 2.45) is 0 Å². The summed E-state index contributed by atoms with van der Waals surface area (Å²) in [6, 6.07) is 17.1. The van der Waals surface area contributed by atoms with Crippen molar-refractivity contribution in [3.05, 3.63) is 71.8 Å². The summed E-state index contributed by atoms with van der Waals surface area (Å²) in [5.41, 5.74) is 0.778. The van der Waals surface area contributed by atoms with Crippen LogP contribution >= 0.6 is 7.67 Å². The molecule has 178 valence electrons. The van der Waals surface area contributed by atoms with Crippen molar-refractivity contribution in [3.8, 4) is 0 Å². The molecule has 10 heteroatoms. The third-order valence-corrected chi connectivity index (χ3v) is 7.62. The molecule has 2 aromatic rings. The third-order valence-electron chi connectivity index (χ3n) is 5.09. The van der Waals surface area contributed by atoms with E-state index in [0.717, 1.165) is 0 Å². The van der Waals surface area contributed by atoms with Crippen LogP contribution in [0, 0.1) is 0 Å². The molecule has 1 aliphatic heterocycles. The summed E-state index contributed by atoms with van der Waals surface area (Å²) in [5.74, 6) is -1.06. The Morgan fingerprint density at radius 1 is 0.909 bits per heavy atom. The monoisotopic (exact) mass is 476 g/mol. The number of benzene rings is 2. The van der Waals surface area contributed by atoms with Crippen LogP contribution in [0.2, 0.25) is 0 Å². The Balaban J connectivity index is 1.72. The summed E-state index contributed by atoms with van der Waals surface area (Å²) < 4.78 is 39.0. The molecule has 0 N–H and O–H groups in total. The minimum absolute atomic E-state index is 0.137. The molecule has 33 heavy (non-hydrogen) atoms. The Bertz CT molecular complexity index is 973. The smallest absolute Gasteiger partial charge is 0.347 e. The zero-order chi connectivity index (χ0) is 24.0. The Hall–Kier alpha value is -2.55. The van der Waals surface area contributed by atoms with E-state index >= 15 is 0 Å². The highest BCUT2D eigenvalue weighted by Gasteiger charge is 2.44. The zero-order valence-corrected chi connectivity index (χ0v) is 20.0. The van der Waals surface area contributed by atoms with Crippen molar-refractivity contribution in [1.82, 2.24) is 9.34 Å². The normalized spacial score (nSPS) is 20.7. The van der Waals surface area contributed by atoms with Gasteiger partial charge in [-0.05, 0) is 52.5 Å². The van der Waals surface area contributed by atoms with Gasteiger partial charge >= 0.3 is 19.6 Å². The topological polar surface area (TPSA) is 94.6 Å². The Morgan fingerprint density at radius 3 is 1.94 bits per heavy atom. The number of carbonyl (C=O) groups excluding carboxylic acids is 2. The Labute approximate surface area is 193 Å². The van der Waals surface area contributed by atoms with Crippen LogP contribution in [0.5, 0.6) is 0 Å². The first-order chi connectivity index (χ1) is 15.7. The fourth-order valence-corrected chi connectivity index (χ4v) is 4.85. The number of nitrogens with zero attached hydrogens (tertiary/aromatic N) is 2. The maximum atomic E-state index is 13.2. The first kappa shape index (κ1) is 25.1. The fourth-order valence-electron chi connectivity index (χ4n) is 3.31. The van der Waals surface area contributed by atoms with E-state index in [9.17, 15) is 14.2 Å². The van der Waals surface area contributed by atoms with Gasteiger partial charge in [0.2, 0.25) is 0 Å². The van der Waals surface area contributed by atoms with Gasteiger partial charge in [0.1, 0.15) is 18.8 Å². The highest BCUT2D eigenvalue weighted by atomic mass is 31.2. The average Bonchev–Trinajstić information content (AvgIpc) is 3.18. The van der Waals surface area contributed by atoms with E-state index in [-0.39, 0.29) is 13.0 Å². The van der Waals surface area contributed by atoms with Crippen molar-refractivity contribution in [1.29, 1.82) is 0 Å². The molecule has 0 unspecified atom stereocenters. The molecule has 0 amide bonds. The molecule has 0 aromatic heterocycles. The number of rotatable bonds is 9. The fraction of sp³-hybridized carbons (Fsp3) is 0.391. The van der Waals surface area contributed by atoms with Crippen LogP contribution in [0.25, 0.3) is 0 Å². The largest absolute Gasteiger partial charge is 0.459 e. The van der Waals surface area contributed by atoms with Gasteiger partial charge in [-0.1, -0.05) is 36.4 Å². The van der Waals surface area contributed by atoms with Gasteiger partial charge in [-0.2, -0.15) is 0 Å². The maximum absolute atomic E-state index is 13.2. The van der Waals surface area contributed by atoms with Gasteiger partial charge in [0.25, 0.3) is 0 Å². The van der Waals surface area contributed by atoms with Crippen molar-refractivity contribution in [2.75, 3.05) is 34.8 Å². The first-order valence-corrected chi connectivity index (χ1v) is 12.0. The molecular formula is C23H29N2O7P. The molecule has 3 atom stereocenters. The van der Waals surface area contributed by atoms with Crippen LogP contribution in [0.4, 0.5) is 0 Å². The predicted molar refractivity (Wildman–Crippen MR) is 122 cm³/mol. The standard InChI is InChI=1S/C23H29N2O7P/c1-24(2)33(28,25(3)4)32-21-15-19(31-23(27)18-13-9-6-10-14-18)20(30-21)16-29-22(26)17-11-7-5-8-12-17/h5-14,19-21H,15-16H2,1-4H3/t19-,20+,21+/m0/s1. The lowest BCUT2D eigenvalue weighted by Crippen LogP contribution is -2.32. The van der Waals surface area contributed by atoms with Crippen LogP contribution in [0.15, 0.2) is 60.7 Å². The Morgan fingerprint density at radius 2 is 1.42 bits per heavy atom. The predicted octanol–water partition coefficient (Wildman–Crippen LogP) is 3.43. The van der Waals surface area contributed by atoms with E-state index in [1.807, 2.05) is 0 Å². The molecule has 0 aliphatic carbocycles. The molecular weight excluding hydrogens is 447 g/mol. The number of hydrogen-bond acceptors (Lipinski definition) is 7. The van der Waals surface area contributed by atoms with Gasteiger partial charge < -0.3 is 14.2 Å². The van der Waals surface area contributed by atoms with E-state index in [0.29, 0.717) is 11.1 Å². The molecule has 1 aliphatic rings. The van der Waals surface area contributed by atoms with Crippen LogP contribution in [-0.2, 0) is 23.3 Å². The zero-order valence-electron chi connectivity index (χ0n) is 19.1. The van der Waals surface area contributed by atoms with E-state index in [1.165, 1.54) is 9.34 Å². The summed E-state index contributed by atoms with van der Waals surface area (Å²) in [4.78, 5) is 25.0. The molecule has 0 radical (unpaired) electrons. The number of esters is 2. The summed E-state index contributed by atoms with van der Waals surface area (Å²) in [6.07, 6.45) is -2.33. The van der Waals surface area contributed by atoms with Crippen molar-refractivity contribution >= 4 is 19.6 Å². The van der Waals surface area contributed by atoms with Crippen LogP contribution in [-0.4, -0.2) is 74.6 Å². The van der Waals surface area contributed by atoms with Gasteiger partial charge in [-0.15, -0.1) is 0 Å². The molecule has 0 spiro atoms. The van der Waals surface area contributed by atoms with E-state index in [4.69, 9.17) is 18.7 Å². The molecule has 1 fully saturated rings. The van der Waals surface area contributed by atoms with Crippen molar-refractivity contribution in [2.45, 2.75) is 24.9 Å². The van der Waals surface area contributed by atoms with Gasteiger partial charge in [0.15, 0.2) is 6.29 Å². The molecule has 2 aromatic carbocycles. The molecule has 1 saturated heterocycles. The number of hydrogen-bond donors (Lipinski definition) is 0. The lowest BCUT2D eigenvalue weighted by molar-refractivity contribution is -0.101. The minimum Gasteiger partial charge on any atom is -0.459 e. The summed E-state index contributed by atoms with van der Waals surface area (Å²) in [5, 5.41) is 0. The quantitative estimate of drug-likeness (QED) is 0.398. The summed E-state index contributed by atoms with van der Waals surface area (Å²) >= 11 is 0. The molecule has 9 nitrogen and oxygen atoms in total. The molecule has 3 rings (SSSR count). The molecule has 0 bridgehead atoms.